The molecule has 0 saturated carbocycles. The van der Waals surface area contributed by atoms with E-state index in [1.54, 1.807) is 0 Å². The van der Waals surface area contributed by atoms with Crippen LogP contribution >= 0.6 is 0 Å². The van der Waals surface area contributed by atoms with E-state index < -0.39 is 0 Å². The summed E-state index contributed by atoms with van der Waals surface area (Å²) in [6, 6.07) is 0. The molecular formula is C22H39NO10. The van der Waals surface area contributed by atoms with Crippen molar-refractivity contribution in [3.05, 3.63) is 12.2 Å². The molecule has 0 radical (unpaired) electrons. The zero-order chi connectivity index (χ0) is 23.8. The maximum absolute atomic E-state index is 11.3. The van der Waals surface area contributed by atoms with Gasteiger partial charge in [0.2, 0.25) is 0 Å². The van der Waals surface area contributed by atoms with Crippen LogP contribution in [-0.4, -0.2) is 129 Å². The Morgan fingerprint density at radius 3 is 1.06 bits per heavy atom. The average molecular weight is 478 g/mol. The van der Waals surface area contributed by atoms with Crippen LogP contribution < -0.4 is 0 Å². The Morgan fingerprint density at radius 1 is 0.485 bits per heavy atom. The molecule has 0 aromatic heterocycles. The second kappa shape index (κ2) is 22.4. The second-order valence-electron chi connectivity index (χ2n) is 6.64. The predicted octanol–water partition coefficient (Wildman–Crippen LogP) is 0.0641. The number of carbonyl (C=O) groups excluding carboxylic acids is 2. The van der Waals surface area contributed by atoms with Gasteiger partial charge in [-0.2, -0.15) is 0 Å². The fourth-order valence-electron chi connectivity index (χ4n) is 2.49. The fourth-order valence-corrected chi connectivity index (χ4v) is 2.49. The van der Waals surface area contributed by atoms with E-state index >= 15 is 0 Å². The number of imide groups is 1. The fraction of sp³-hybridized carbons (Fsp3) is 0.818. The Labute approximate surface area is 196 Å². The average Bonchev–Trinajstić information content (AvgIpc) is 3.14. The SMILES string of the molecule is CCOCCOCCOCCOCCOCCOCCOCCOCCN1C(=O)C=CC1=O. The first-order valence-electron chi connectivity index (χ1n) is 11.4. The molecule has 0 aliphatic carbocycles. The van der Waals surface area contributed by atoms with Crippen LogP contribution in [0.5, 0.6) is 0 Å². The van der Waals surface area contributed by atoms with Gasteiger partial charge in [0.15, 0.2) is 0 Å². The number of amides is 2. The highest BCUT2D eigenvalue weighted by Crippen LogP contribution is 2.02. The van der Waals surface area contributed by atoms with Crippen molar-refractivity contribution in [1.82, 2.24) is 4.90 Å². The van der Waals surface area contributed by atoms with E-state index in [0.717, 1.165) is 4.90 Å². The molecule has 2 amide bonds. The lowest BCUT2D eigenvalue weighted by Crippen LogP contribution is -2.33. The Morgan fingerprint density at radius 2 is 0.758 bits per heavy atom. The smallest absolute Gasteiger partial charge is 0.253 e. The molecule has 0 unspecified atom stereocenters. The van der Waals surface area contributed by atoms with Gasteiger partial charge in [0.1, 0.15) is 0 Å². The Hall–Kier alpha value is -1.44. The molecule has 0 aromatic carbocycles. The van der Waals surface area contributed by atoms with Crippen LogP contribution in [0, 0.1) is 0 Å². The summed E-state index contributed by atoms with van der Waals surface area (Å²) in [6.45, 7) is 10.3. The van der Waals surface area contributed by atoms with Crippen LogP contribution in [0.4, 0.5) is 0 Å². The van der Waals surface area contributed by atoms with E-state index in [-0.39, 0.29) is 25.0 Å². The van der Waals surface area contributed by atoms with Gasteiger partial charge < -0.3 is 37.9 Å². The Bertz CT molecular complexity index is 499. The molecule has 0 saturated heterocycles. The van der Waals surface area contributed by atoms with Gasteiger partial charge in [-0.3, -0.25) is 14.5 Å². The lowest BCUT2D eigenvalue weighted by molar-refractivity contribution is -0.137. The molecule has 1 rings (SSSR count). The quantitative estimate of drug-likeness (QED) is 0.132. The Kier molecular flexibility index (Phi) is 20.0. The summed E-state index contributed by atoms with van der Waals surface area (Å²) in [7, 11) is 0. The first kappa shape index (κ1) is 29.6. The lowest BCUT2D eigenvalue weighted by atomic mass is 10.5. The van der Waals surface area contributed by atoms with E-state index in [0.29, 0.717) is 99.1 Å². The van der Waals surface area contributed by atoms with Crippen LogP contribution in [0.3, 0.4) is 0 Å². The van der Waals surface area contributed by atoms with E-state index in [2.05, 4.69) is 0 Å². The standard InChI is InChI=1S/C22H39NO10/c1-2-26-7-8-28-11-12-30-15-16-32-19-20-33-18-17-31-14-13-29-10-9-27-6-5-23-21(24)3-4-22(23)25/h3-4H,2,5-20H2,1H3. The number of hydrogen-bond acceptors (Lipinski definition) is 10. The van der Waals surface area contributed by atoms with Crippen molar-refractivity contribution in [2.75, 3.05) is 112 Å². The molecule has 1 aliphatic heterocycles. The van der Waals surface area contributed by atoms with Crippen molar-refractivity contribution < 1.29 is 47.5 Å². The lowest BCUT2D eigenvalue weighted by Gasteiger charge is -2.13. The topological polar surface area (TPSA) is 111 Å². The van der Waals surface area contributed by atoms with Crippen LogP contribution in [0.15, 0.2) is 12.2 Å². The van der Waals surface area contributed by atoms with Crippen LogP contribution in [-0.2, 0) is 47.5 Å². The summed E-state index contributed by atoms with van der Waals surface area (Å²) >= 11 is 0. The van der Waals surface area contributed by atoms with Gasteiger partial charge >= 0.3 is 0 Å². The zero-order valence-electron chi connectivity index (χ0n) is 19.7. The molecular weight excluding hydrogens is 438 g/mol. The normalized spacial score (nSPS) is 13.5. The number of carbonyl (C=O) groups is 2. The zero-order valence-corrected chi connectivity index (χ0v) is 19.7. The first-order valence-corrected chi connectivity index (χ1v) is 11.4. The molecule has 33 heavy (non-hydrogen) atoms. The summed E-state index contributed by atoms with van der Waals surface area (Å²) < 4.78 is 42.8. The molecule has 11 heteroatoms. The third kappa shape index (κ3) is 17.7. The predicted molar refractivity (Wildman–Crippen MR) is 118 cm³/mol. The molecule has 0 N–H and O–H groups in total. The summed E-state index contributed by atoms with van der Waals surface area (Å²) in [5, 5.41) is 0. The third-order valence-corrected chi connectivity index (χ3v) is 4.17. The third-order valence-electron chi connectivity index (χ3n) is 4.17. The van der Waals surface area contributed by atoms with E-state index in [9.17, 15) is 9.59 Å². The molecule has 0 fully saturated rings. The van der Waals surface area contributed by atoms with Crippen molar-refractivity contribution in [2.24, 2.45) is 0 Å². The highest BCUT2D eigenvalue weighted by Gasteiger charge is 2.22. The van der Waals surface area contributed by atoms with Crippen molar-refractivity contribution in [3.8, 4) is 0 Å². The van der Waals surface area contributed by atoms with Crippen LogP contribution in [0.1, 0.15) is 6.92 Å². The minimum absolute atomic E-state index is 0.248. The minimum Gasteiger partial charge on any atom is -0.379 e. The maximum Gasteiger partial charge on any atom is 0.253 e. The summed E-state index contributed by atoms with van der Waals surface area (Å²) in [5.74, 6) is -0.602. The van der Waals surface area contributed by atoms with Gasteiger partial charge in [-0.25, -0.2) is 0 Å². The van der Waals surface area contributed by atoms with Gasteiger partial charge in [0, 0.05) is 18.8 Å². The monoisotopic (exact) mass is 477 g/mol. The van der Waals surface area contributed by atoms with Gasteiger partial charge in [-0.1, -0.05) is 0 Å². The van der Waals surface area contributed by atoms with E-state index in [1.807, 2.05) is 6.92 Å². The van der Waals surface area contributed by atoms with Gasteiger partial charge in [0.05, 0.1) is 106 Å². The summed E-state index contributed by atoms with van der Waals surface area (Å²) in [5.41, 5.74) is 0. The molecule has 1 aliphatic rings. The minimum atomic E-state index is -0.301. The number of nitrogens with zero attached hydrogens (tertiary/aromatic N) is 1. The molecule has 0 spiro atoms. The number of hydrogen-bond donors (Lipinski definition) is 0. The van der Waals surface area contributed by atoms with Crippen molar-refractivity contribution in [1.29, 1.82) is 0 Å². The molecule has 1 heterocycles. The first-order chi connectivity index (χ1) is 16.3. The highest BCUT2D eigenvalue weighted by molar-refractivity contribution is 6.12. The van der Waals surface area contributed by atoms with Gasteiger partial charge in [0.25, 0.3) is 11.8 Å². The van der Waals surface area contributed by atoms with E-state index in [4.69, 9.17) is 37.9 Å². The largest absolute Gasteiger partial charge is 0.379 e. The number of ether oxygens (including phenoxy) is 8. The van der Waals surface area contributed by atoms with Crippen molar-refractivity contribution >= 4 is 11.8 Å². The molecule has 11 nitrogen and oxygen atoms in total. The van der Waals surface area contributed by atoms with Crippen molar-refractivity contribution in [2.45, 2.75) is 6.92 Å². The maximum atomic E-state index is 11.3. The number of rotatable bonds is 25. The van der Waals surface area contributed by atoms with Crippen molar-refractivity contribution in [3.63, 3.8) is 0 Å². The summed E-state index contributed by atoms with van der Waals surface area (Å²) in [4.78, 5) is 23.8. The molecule has 0 bridgehead atoms. The molecule has 192 valence electrons. The van der Waals surface area contributed by atoms with Crippen LogP contribution in [0.25, 0.3) is 0 Å². The second-order valence-corrected chi connectivity index (χ2v) is 6.64. The highest BCUT2D eigenvalue weighted by atomic mass is 16.6. The summed E-state index contributed by atoms with van der Waals surface area (Å²) in [6.07, 6.45) is 2.51. The van der Waals surface area contributed by atoms with E-state index in [1.165, 1.54) is 12.2 Å². The van der Waals surface area contributed by atoms with Gasteiger partial charge in [-0.15, -0.1) is 0 Å². The van der Waals surface area contributed by atoms with Gasteiger partial charge in [-0.05, 0) is 6.92 Å². The van der Waals surface area contributed by atoms with Crippen LogP contribution in [0.2, 0.25) is 0 Å². The molecule has 0 aromatic rings. The molecule has 0 atom stereocenters. The Balaban J connectivity index is 1.66.